The van der Waals surface area contributed by atoms with Gasteiger partial charge in [-0.15, -0.1) is 0 Å². The fraction of sp³-hybridized carbons (Fsp3) is 0.500. The summed E-state index contributed by atoms with van der Waals surface area (Å²) in [5.41, 5.74) is 5.73. The molecular weight excluding hydrogens is 218 g/mol. The highest BCUT2D eigenvalue weighted by Crippen LogP contribution is 2.01. The smallest absolute Gasteiger partial charge is 0.231 e. The number of nitrogens with one attached hydrogen (secondary N) is 1. The summed E-state index contributed by atoms with van der Waals surface area (Å²) in [5.74, 6) is -0.423. The predicted octanol–water partition coefficient (Wildman–Crippen LogP) is 0.785. The normalized spacial score (nSPS) is 10.7. The number of aromatic amines is 1. The van der Waals surface area contributed by atoms with Crippen LogP contribution < -0.4 is 5.73 Å². The molecule has 1 aromatic heterocycles. The number of ketones is 1. The zero-order chi connectivity index (χ0) is 12.7. The summed E-state index contributed by atoms with van der Waals surface area (Å²) in [4.78, 5) is 27.4. The van der Waals surface area contributed by atoms with Crippen LogP contribution in [-0.2, 0) is 4.79 Å². The van der Waals surface area contributed by atoms with Crippen LogP contribution in [0.4, 0.5) is 0 Å². The van der Waals surface area contributed by atoms with E-state index in [0.717, 1.165) is 12.8 Å². The van der Waals surface area contributed by atoms with Crippen molar-refractivity contribution in [1.82, 2.24) is 9.88 Å². The number of aromatic nitrogens is 1. The molecule has 0 unspecified atom stereocenters. The number of primary amides is 1. The molecule has 0 aliphatic rings. The largest absolute Gasteiger partial charge is 0.369 e. The third-order valence-corrected chi connectivity index (χ3v) is 2.47. The first-order valence-corrected chi connectivity index (χ1v) is 5.80. The molecule has 1 heterocycles. The molecule has 0 bridgehead atoms. The number of rotatable bonds is 8. The Balaban J connectivity index is 2.52. The number of H-pyrrole nitrogens is 1. The summed E-state index contributed by atoms with van der Waals surface area (Å²) in [6.07, 6.45) is 3.68. The summed E-state index contributed by atoms with van der Waals surface area (Å²) in [7, 11) is 0. The minimum Gasteiger partial charge on any atom is -0.369 e. The molecule has 0 saturated heterocycles. The number of hydrogen-bond donors (Lipinski definition) is 2. The van der Waals surface area contributed by atoms with Gasteiger partial charge >= 0.3 is 0 Å². The van der Waals surface area contributed by atoms with E-state index in [1.54, 1.807) is 23.2 Å². The molecule has 94 valence electrons. The third-order valence-electron chi connectivity index (χ3n) is 2.47. The summed E-state index contributed by atoms with van der Waals surface area (Å²) < 4.78 is 0. The maximum Gasteiger partial charge on any atom is 0.231 e. The fourth-order valence-corrected chi connectivity index (χ4v) is 1.61. The second-order valence-corrected chi connectivity index (χ2v) is 4.04. The highest BCUT2D eigenvalue weighted by molar-refractivity contribution is 5.96. The number of Topliss-reactive ketones (excluding diaryl/α,β-unsaturated/α-hetero) is 1. The first-order valence-electron chi connectivity index (χ1n) is 5.80. The molecule has 17 heavy (non-hydrogen) atoms. The molecule has 0 aromatic carbocycles. The Hall–Kier alpha value is -1.62. The van der Waals surface area contributed by atoms with Gasteiger partial charge in [0.25, 0.3) is 0 Å². The molecule has 5 nitrogen and oxygen atoms in total. The molecule has 1 amide bonds. The van der Waals surface area contributed by atoms with E-state index in [1.807, 2.05) is 0 Å². The molecule has 0 fully saturated rings. The van der Waals surface area contributed by atoms with E-state index in [0.29, 0.717) is 12.2 Å². The zero-order valence-electron chi connectivity index (χ0n) is 10.1. The quantitative estimate of drug-likeness (QED) is 0.656. The van der Waals surface area contributed by atoms with Crippen LogP contribution in [-0.4, -0.2) is 41.2 Å². The van der Waals surface area contributed by atoms with E-state index in [1.165, 1.54) is 0 Å². The first-order chi connectivity index (χ1) is 8.13. The van der Waals surface area contributed by atoms with Gasteiger partial charge in [-0.25, -0.2) is 0 Å². The van der Waals surface area contributed by atoms with Gasteiger partial charge in [0, 0.05) is 6.20 Å². The Morgan fingerprint density at radius 3 is 2.71 bits per heavy atom. The van der Waals surface area contributed by atoms with Crippen molar-refractivity contribution in [3.05, 3.63) is 24.0 Å². The Bertz CT molecular complexity index is 360. The van der Waals surface area contributed by atoms with Gasteiger partial charge in [0.2, 0.25) is 5.91 Å². The molecule has 3 N–H and O–H groups in total. The number of amides is 1. The Labute approximate surface area is 101 Å². The van der Waals surface area contributed by atoms with Gasteiger partial charge in [0.1, 0.15) is 0 Å². The van der Waals surface area contributed by atoms with Gasteiger partial charge in [0.15, 0.2) is 5.78 Å². The molecule has 0 radical (unpaired) electrons. The average Bonchev–Trinajstić information content (AvgIpc) is 2.78. The molecule has 5 heteroatoms. The number of unbranched alkanes of at least 4 members (excludes halogenated alkanes) is 1. The third kappa shape index (κ3) is 4.82. The van der Waals surface area contributed by atoms with Crippen molar-refractivity contribution >= 4 is 11.7 Å². The zero-order valence-corrected chi connectivity index (χ0v) is 10.1. The minimum absolute atomic E-state index is 0.0210. The van der Waals surface area contributed by atoms with Gasteiger partial charge in [0.05, 0.1) is 18.8 Å². The van der Waals surface area contributed by atoms with Crippen molar-refractivity contribution < 1.29 is 9.59 Å². The molecule has 0 aliphatic carbocycles. The molecule has 0 atom stereocenters. The SMILES string of the molecule is CCCCN(CC(N)=O)CC(=O)c1ccc[nH]1. The molecule has 0 spiro atoms. The topological polar surface area (TPSA) is 79.2 Å². The second-order valence-electron chi connectivity index (χ2n) is 4.04. The Morgan fingerprint density at radius 2 is 2.18 bits per heavy atom. The number of nitrogens with zero attached hydrogens (tertiary/aromatic N) is 1. The van der Waals surface area contributed by atoms with Gasteiger partial charge in [-0.05, 0) is 25.1 Å². The van der Waals surface area contributed by atoms with Crippen LogP contribution in [0.1, 0.15) is 30.3 Å². The van der Waals surface area contributed by atoms with Gasteiger partial charge in [-0.2, -0.15) is 0 Å². The second kappa shape index (κ2) is 6.85. The van der Waals surface area contributed by atoms with Gasteiger partial charge in [-0.3, -0.25) is 14.5 Å². The lowest BCUT2D eigenvalue weighted by molar-refractivity contribution is -0.119. The van der Waals surface area contributed by atoms with Crippen LogP contribution in [0.2, 0.25) is 0 Å². The van der Waals surface area contributed by atoms with Crippen molar-refractivity contribution in [2.24, 2.45) is 5.73 Å². The van der Waals surface area contributed by atoms with E-state index in [4.69, 9.17) is 5.73 Å². The lowest BCUT2D eigenvalue weighted by Gasteiger charge is -2.19. The van der Waals surface area contributed by atoms with E-state index in [9.17, 15) is 9.59 Å². The average molecular weight is 237 g/mol. The Morgan fingerprint density at radius 1 is 1.41 bits per heavy atom. The van der Waals surface area contributed by atoms with Crippen molar-refractivity contribution in [3.63, 3.8) is 0 Å². The minimum atomic E-state index is -0.402. The van der Waals surface area contributed by atoms with Gasteiger partial charge < -0.3 is 10.7 Å². The van der Waals surface area contributed by atoms with Crippen LogP contribution in [0.25, 0.3) is 0 Å². The monoisotopic (exact) mass is 237 g/mol. The number of hydrogen-bond acceptors (Lipinski definition) is 3. The fourth-order valence-electron chi connectivity index (χ4n) is 1.61. The van der Waals surface area contributed by atoms with Crippen LogP contribution >= 0.6 is 0 Å². The summed E-state index contributed by atoms with van der Waals surface area (Å²) >= 11 is 0. The highest BCUT2D eigenvalue weighted by atomic mass is 16.1. The van der Waals surface area contributed by atoms with Gasteiger partial charge in [-0.1, -0.05) is 13.3 Å². The number of nitrogens with two attached hydrogens (primary N) is 1. The predicted molar refractivity (Wildman–Crippen MR) is 65.7 cm³/mol. The van der Waals surface area contributed by atoms with E-state index in [2.05, 4.69) is 11.9 Å². The molecular formula is C12H19N3O2. The molecule has 1 aromatic rings. The van der Waals surface area contributed by atoms with E-state index in [-0.39, 0.29) is 18.9 Å². The van der Waals surface area contributed by atoms with Crippen molar-refractivity contribution in [3.8, 4) is 0 Å². The first kappa shape index (κ1) is 13.4. The summed E-state index contributed by atoms with van der Waals surface area (Å²) in [5, 5.41) is 0. The maximum absolute atomic E-state index is 11.8. The number of carbonyl (C=O) groups excluding carboxylic acids is 2. The van der Waals surface area contributed by atoms with Crippen LogP contribution in [0.15, 0.2) is 18.3 Å². The molecule has 0 saturated carbocycles. The van der Waals surface area contributed by atoms with Crippen molar-refractivity contribution in [1.29, 1.82) is 0 Å². The number of carbonyl (C=O) groups is 2. The van der Waals surface area contributed by atoms with Crippen LogP contribution in [0, 0.1) is 0 Å². The van der Waals surface area contributed by atoms with Crippen molar-refractivity contribution in [2.75, 3.05) is 19.6 Å². The van der Waals surface area contributed by atoms with Crippen molar-refractivity contribution in [2.45, 2.75) is 19.8 Å². The standard InChI is InChI=1S/C12H19N3O2/c1-2-3-7-15(9-12(13)17)8-11(16)10-5-4-6-14-10/h4-6,14H,2-3,7-9H2,1H3,(H2,13,17). The maximum atomic E-state index is 11.8. The lowest BCUT2D eigenvalue weighted by Crippen LogP contribution is -2.38. The van der Waals surface area contributed by atoms with E-state index < -0.39 is 5.91 Å². The lowest BCUT2D eigenvalue weighted by atomic mass is 10.2. The summed E-state index contributed by atoms with van der Waals surface area (Å²) in [6, 6.07) is 3.50. The Kier molecular flexibility index (Phi) is 5.42. The van der Waals surface area contributed by atoms with Crippen LogP contribution in [0.5, 0.6) is 0 Å². The van der Waals surface area contributed by atoms with E-state index >= 15 is 0 Å². The molecule has 1 rings (SSSR count). The highest BCUT2D eigenvalue weighted by Gasteiger charge is 2.14. The summed E-state index contributed by atoms with van der Waals surface area (Å²) in [6.45, 7) is 3.14. The molecule has 0 aliphatic heterocycles. The van der Waals surface area contributed by atoms with Crippen LogP contribution in [0.3, 0.4) is 0 Å².